The lowest BCUT2D eigenvalue weighted by Crippen LogP contribution is -2.45. The summed E-state index contributed by atoms with van der Waals surface area (Å²) in [4.78, 5) is 4.63. The molecule has 0 bridgehead atoms. The van der Waals surface area contributed by atoms with Gasteiger partial charge in [-0.1, -0.05) is 41.9 Å². The molecule has 7 heteroatoms. The highest BCUT2D eigenvalue weighted by atomic mass is 19.3. The van der Waals surface area contributed by atoms with Crippen LogP contribution in [0.4, 0.5) is 8.78 Å². The van der Waals surface area contributed by atoms with E-state index in [4.69, 9.17) is 4.52 Å². The first-order valence-corrected chi connectivity index (χ1v) is 10.3. The second kappa shape index (κ2) is 7.80. The van der Waals surface area contributed by atoms with Gasteiger partial charge in [-0.05, 0) is 49.1 Å². The number of nitrogens with one attached hydrogen (secondary N) is 1. The highest BCUT2D eigenvalue weighted by Crippen LogP contribution is 2.45. The summed E-state index contributed by atoms with van der Waals surface area (Å²) in [6.07, 6.45) is 4.37. The van der Waals surface area contributed by atoms with Crippen molar-refractivity contribution in [2.75, 3.05) is 6.54 Å². The zero-order chi connectivity index (χ0) is 20.6. The van der Waals surface area contributed by atoms with E-state index in [0.29, 0.717) is 23.4 Å². The molecule has 1 aromatic heterocycles. The average molecular weight is 411 g/mol. The number of ether oxygens (including phenoxy) is 1. The Bertz CT molecular complexity index is 987. The Kier molecular flexibility index (Phi) is 4.98. The fourth-order valence-corrected chi connectivity index (χ4v) is 4.23. The standard InChI is InChI=1S/C23H23F2N3O2/c24-22(25)29-17-9-7-16(8-10-17)20-27-21(28-30-20)23(11-4-12-23)14-26-19-13-18(19)15-5-2-1-3-6-15/h1-3,5-10,18-19,22,26H,4,11-14H2/t18-,19+/m1/s1. The van der Waals surface area contributed by atoms with Gasteiger partial charge in [0.15, 0.2) is 5.82 Å². The average Bonchev–Trinajstić information content (AvgIpc) is 3.34. The lowest BCUT2D eigenvalue weighted by atomic mass is 9.68. The Morgan fingerprint density at radius 2 is 1.87 bits per heavy atom. The molecular weight excluding hydrogens is 388 g/mol. The molecule has 156 valence electrons. The first-order valence-electron chi connectivity index (χ1n) is 10.3. The molecule has 0 amide bonds. The predicted octanol–water partition coefficient (Wildman–Crippen LogP) is 4.91. The molecule has 2 atom stereocenters. The molecule has 0 saturated heterocycles. The minimum absolute atomic E-state index is 0.0930. The Morgan fingerprint density at radius 1 is 1.10 bits per heavy atom. The number of alkyl halides is 2. The smallest absolute Gasteiger partial charge is 0.387 e. The van der Waals surface area contributed by atoms with E-state index in [2.05, 4.69) is 44.5 Å². The van der Waals surface area contributed by atoms with Crippen LogP contribution in [0.25, 0.3) is 11.5 Å². The van der Waals surface area contributed by atoms with Gasteiger partial charge in [0.1, 0.15) is 5.75 Å². The maximum atomic E-state index is 12.3. The van der Waals surface area contributed by atoms with Crippen LogP contribution in [-0.4, -0.2) is 29.3 Å². The van der Waals surface area contributed by atoms with Gasteiger partial charge in [-0.2, -0.15) is 13.8 Å². The van der Waals surface area contributed by atoms with Gasteiger partial charge in [0, 0.05) is 29.5 Å². The first kappa shape index (κ1) is 19.2. The summed E-state index contributed by atoms with van der Waals surface area (Å²) in [7, 11) is 0. The van der Waals surface area contributed by atoms with Crippen LogP contribution in [0, 0.1) is 0 Å². The summed E-state index contributed by atoms with van der Waals surface area (Å²) in [6.45, 7) is -2.01. The highest BCUT2D eigenvalue weighted by molar-refractivity contribution is 5.54. The summed E-state index contributed by atoms with van der Waals surface area (Å²) < 4.78 is 34.5. The second-order valence-corrected chi connectivity index (χ2v) is 8.20. The first-order chi connectivity index (χ1) is 14.6. The lowest BCUT2D eigenvalue weighted by Gasteiger charge is -2.39. The van der Waals surface area contributed by atoms with E-state index in [-0.39, 0.29) is 11.2 Å². The van der Waals surface area contributed by atoms with Crippen molar-refractivity contribution in [3.05, 3.63) is 66.0 Å². The summed E-state index contributed by atoms with van der Waals surface area (Å²) >= 11 is 0. The maximum Gasteiger partial charge on any atom is 0.387 e. The van der Waals surface area contributed by atoms with Crippen LogP contribution in [-0.2, 0) is 5.41 Å². The molecule has 3 aromatic rings. The van der Waals surface area contributed by atoms with E-state index >= 15 is 0 Å². The largest absolute Gasteiger partial charge is 0.435 e. The van der Waals surface area contributed by atoms with Crippen LogP contribution in [0.15, 0.2) is 59.1 Å². The predicted molar refractivity (Wildman–Crippen MR) is 107 cm³/mol. The Morgan fingerprint density at radius 3 is 2.53 bits per heavy atom. The quantitative estimate of drug-likeness (QED) is 0.571. The molecule has 2 aromatic carbocycles. The van der Waals surface area contributed by atoms with Crippen LogP contribution in [0.3, 0.4) is 0 Å². The van der Waals surface area contributed by atoms with E-state index in [1.807, 2.05) is 6.07 Å². The SMILES string of the molecule is FC(F)Oc1ccc(-c2nc(C3(CN[C@H]4C[C@@H]4c4ccccc4)CCC3)no2)cc1. The second-order valence-electron chi connectivity index (χ2n) is 8.20. The molecule has 2 aliphatic carbocycles. The van der Waals surface area contributed by atoms with Crippen molar-refractivity contribution < 1.29 is 18.0 Å². The monoisotopic (exact) mass is 411 g/mol. The molecule has 0 aliphatic heterocycles. The van der Waals surface area contributed by atoms with E-state index in [0.717, 1.165) is 38.1 Å². The molecule has 0 unspecified atom stereocenters. The van der Waals surface area contributed by atoms with Crippen molar-refractivity contribution in [1.29, 1.82) is 0 Å². The van der Waals surface area contributed by atoms with Crippen molar-refractivity contribution >= 4 is 0 Å². The number of rotatable bonds is 8. The van der Waals surface area contributed by atoms with Crippen molar-refractivity contribution in [2.45, 2.75) is 49.7 Å². The third-order valence-electron chi connectivity index (χ3n) is 6.26. The van der Waals surface area contributed by atoms with Crippen LogP contribution >= 0.6 is 0 Å². The fourth-order valence-electron chi connectivity index (χ4n) is 4.23. The molecule has 0 radical (unpaired) electrons. The van der Waals surface area contributed by atoms with Gasteiger partial charge in [-0.25, -0.2) is 0 Å². The normalized spacial score (nSPS) is 22.0. The Balaban J connectivity index is 1.24. The van der Waals surface area contributed by atoms with Crippen molar-refractivity contribution in [1.82, 2.24) is 15.5 Å². The third-order valence-corrected chi connectivity index (χ3v) is 6.26. The number of hydrogen-bond donors (Lipinski definition) is 1. The highest BCUT2D eigenvalue weighted by Gasteiger charge is 2.46. The van der Waals surface area contributed by atoms with Gasteiger partial charge in [0.2, 0.25) is 0 Å². The molecule has 0 spiro atoms. The summed E-state index contributed by atoms with van der Waals surface area (Å²) in [5, 5.41) is 7.97. The Labute approximate surface area is 173 Å². The molecular formula is C23H23F2N3O2. The van der Waals surface area contributed by atoms with Gasteiger partial charge < -0.3 is 14.6 Å². The summed E-state index contributed by atoms with van der Waals surface area (Å²) in [6, 6.07) is 17.3. The summed E-state index contributed by atoms with van der Waals surface area (Å²) in [5.74, 6) is 1.80. The van der Waals surface area contributed by atoms with Crippen molar-refractivity contribution in [3.63, 3.8) is 0 Å². The van der Waals surface area contributed by atoms with E-state index in [1.165, 1.54) is 17.7 Å². The van der Waals surface area contributed by atoms with E-state index in [1.54, 1.807) is 12.1 Å². The van der Waals surface area contributed by atoms with Crippen LogP contribution in [0.5, 0.6) is 5.75 Å². The number of aromatic nitrogens is 2. The van der Waals surface area contributed by atoms with E-state index in [9.17, 15) is 8.78 Å². The Hall–Kier alpha value is -2.80. The topological polar surface area (TPSA) is 60.2 Å². The molecule has 1 N–H and O–H groups in total. The maximum absolute atomic E-state index is 12.3. The zero-order valence-electron chi connectivity index (χ0n) is 16.4. The molecule has 1 heterocycles. The summed E-state index contributed by atoms with van der Waals surface area (Å²) in [5.41, 5.74) is 1.98. The lowest BCUT2D eigenvalue weighted by molar-refractivity contribution is -0.0498. The number of hydrogen-bond acceptors (Lipinski definition) is 5. The van der Waals surface area contributed by atoms with Gasteiger partial charge in [0.25, 0.3) is 5.89 Å². The third kappa shape index (κ3) is 3.81. The van der Waals surface area contributed by atoms with Gasteiger partial charge in [-0.15, -0.1) is 0 Å². The van der Waals surface area contributed by atoms with Crippen molar-refractivity contribution in [2.24, 2.45) is 0 Å². The fraction of sp³-hybridized carbons (Fsp3) is 0.391. The molecule has 30 heavy (non-hydrogen) atoms. The number of benzene rings is 2. The minimum atomic E-state index is -2.84. The van der Waals surface area contributed by atoms with Crippen LogP contribution in [0.2, 0.25) is 0 Å². The van der Waals surface area contributed by atoms with Gasteiger partial charge in [-0.3, -0.25) is 0 Å². The minimum Gasteiger partial charge on any atom is -0.435 e. The van der Waals surface area contributed by atoms with Gasteiger partial charge >= 0.3 is 6.61 Å². The van der Waals surface area contributed by atoms with Crippen LogP contribution < -0.4 is 10.1 Å². The van der Waals surface area contributed by atoms with Crippen LogP contribution in [0.1, 0.15) is 43.0 Å². The molecule has 2 saturated carbocycles. The van der Waals surface area contributed by atoms with E-state index < -0.39 is 6.61 Å². The molecule has 2 fully saturated rings. The number of nitrogens with zero attached hydrogens (tertiary/aromatic N) is 2. The molecule has 2 aliphatic rings. The van der Waals surface area contributed by atoms with Crippen molar-refractivity contribution in [3.8, 4) is 17.2 Å². The van der Waals surface area contributed by atoms with Gasteiger partial charge in [0.05, 0.1) is 0 Å². The number of halogens is 2. The zero-order valence-corrected chi connectivity index (χ0v) is 16.4. The molecule has 5 rings (SSSR count). The molecule has 5 nitrogen and oxygen atoms in total.